The number of ether oxygens (including phenoxy) is 2. The van der Waals surface area contributed by atoms with Crippen LogP contribution in [0.15, 0.2) is 47.8 Å². The van der Waals surface area contributed by atoms with Crippen molar-refractivity contribution in [3.8, 4) is 22.8 Å². The van der Waals surface area contributed by atoms with Crippen LogP contribution < -0.4 is 14.8 Å². The average molecular weight is 404 g/mol. The second kappa shape index (κ2) is 8.79. The minimum absolute atomic E-state index is 0.0269. The molecule has 1 N–H and O–H groups in total. The fourth-order valence-corrected chi connectivity index (χ4v) is 3.38. The minimum atomic E-state index is -2.93. The third kappa shape index (κ3) is 4.83. The first kappa shape index (κ1) is 19.8. The van der Waals surface area contributed by atoms with E-state index in [4.69, 9.17) is 4.74 Å². The highest BCUT2D eigenvalue weighted by Gasteiger charge is 2.15. The molecule has 1 amide bonds. The molecule has 2 aromatic carbocycles. The number of amides is 1. The van der Waals surface area contributed by atoms with Crippen molar-refractivity contribution in [1.82, 2.24) is 4.98 Å². The quantitative estimate of drug-likeness (QED) is 0.599. The Balaban J connectivity index is 1.66. The number of carbonyl (C=O) groups excluding carboxylic acids is 1. The molecule has 0 saturated heterocycles. The molecule has 0 unspecified atom stereocenters. The Labute approximate surface area is 164 Å². The molecule has 0 atom stereocenters. The summed E-state index contributed by atoms with van der Waals surface area (Å²) in [7, 11) is 0. The molecule has 0 saturated carbocycles. The lowest BCUT2D eigenvalue weighted by Crippen LogP contribution is -2.20. The van der Waals surface area contributed by atoms with Crippen LogP contribution in [-0.2, 0) is 4.79 Å². The SMILES string of the molecule is Cc1cccc(C)c1OCC(=O)Nc1nc(-c2ccccc2OC(F)F)cs1. The maximum atomic E-state index is 12.6. The molecule has 5 nitrogen and oxygen atoms in total. The van der Waals surface area contributed by atoms with Gasteiger partial charge in [-0.25, -0.2) is 4.98 Å². The number of rotatable bonds is 7. The molecule has 0 aliphatic heterocycles. The number of aromatic nitrogens is 1. The van der Waals surface area contributed by atoms with Crippen LogP contribution in [0.3, 0.4) is 0 Å². The number of thiazole rings is 1. The lowest BCUT2D eigenvalue weighted by Gasteiger charge is -2.11. The molecule has 0 fully saturated rings. The van der Waals surface area contributed by atoms with Crippen molar-refractivity contribution in [1.29, 1.82) is 0 Å². The number of aryl methyl sites for hydroxylation is 2. The van der Waals surface area contributed by atoms with E-state index in [-0.39, 0.29) is 18.3 Å². The zero-order chi connectivity index (χ0) is 20.1. The van der Waals surface area contributed by atoms with Crippen LogP contribution >= 0.6 is 11.3 Å². The van der Waals surface area contributed by atoms with E-state index in [1.807, 2.05) is 32.0 Å². The van der Waals surface area contributed by atoms with Gasteiger partial charge in [0.25, 0.3) is 5.91 Å². The van der Waals surface area contributed by atoms with Gasteiger partial charge in [0.15, 0.2) is 11.7 Å². The topological polar surface area (TPSA) is 60.5 Å². The van der Waals surface area contributed by atoms with E-state index in [1.54, 1.807) is 23.6 Å². The van der Waals surface area contributed by atoms with E-state index >= 15 is 0 Å². The molecular weight excluding hydrogens is 386 g/mol. The molecule has 3 aromatic rings. The maximum absolute atomic E-state index is 12.6. The number of nitrogens with zero attached hydrogens (tertiary/aromatic N) is 1. The van der Waals surface area contributed by atoms with Gasteiger partial charge in [0, 0.05) is 10.9 Å². The largest absolute Gasteiger partial charge is 0.483 e. The van der Waals surface area contributed by atoms with E-state index in [2.05, 4.69) is 15.0 Å². The predicted molar refractivity (Wildman–Crippen MR) is 104 cm³/mol. The Kier molecular flexibility index (Phi) is 6.20. The van der Waals surface area contributed by atoms with Crippen LogP contribution in [-0.4, -0.2) is 24.1 Å². The van der Waals surface area contributed by atoms with Crippen molar-refractivity contribution in [2.24, 2.45) is 0 Å². The second-order valence-electron chi connectivity index (χ2n) is 5.97. The first-order valence-electron chi connectivity index (χ1n) is 8.42. The molecular formula is C20H18F2N2O3S. The molecule has 1 aromatic heterocycles. The summed E-state index contributed by atoms with van der Waals surface area (Å²) in [6.45, 7) is 0.727. The number of hydrogen-bond donors (Lipinski definition) is 1. The van der Waals surface area contributed by atoms with Gasteiger partial charge < -0.3 is 9.47 Å². The van der Waals surface area contributed by atoms with Crippen LogP contribution in [0.2, 0.25) is 0 Å². The highest BCUT2D eigenvalue weighted by molar-refractivity contribution is 7.14. The number of alkyl halides is 2. The van der Waals surface area contributed by atoms with Gasteiger partial charge in [0.05, 0.1) is 5.69 Å². The Hall–Kier alpha value is -3.00. The fraction of sp³-hybridized carbons (Fsp3) is 0.200. The van der Waals surface area contributed by atoms with Crippen LogP contribution in [0.5, 0.6) is 11.5 Å². The molecule has 3 rings (SSSR count). The van der Waals surface area contributed by atoms with Gasteiger partial charge in [-0.3, -0.25) is 10.1 Å². The van der Waals surface area contributed by atoms with Gasteiger partial charge in [0.2, 0.25) is 0 Å². The van der Waals surface area contributed by atoms with Gasteiger partial charge in [0.1, 0.15) is 11.5 Å². The summed E-state index contributed by atoms with van der Waals surface area (Å²) in [5, 5.41) is 4.66. The first-order valence-corrected chi connectivity index (χ1v) is 9.30. The monoisotopic (exact) mass is 404 g/mol. The van der Waals surface area contributed by atoms with Crippen LogP contribution in [0, 0.1) is 13.8 Å². The Bertz CT molecular complexity index is 955. The zero-order valence-corrected chi connectivity index (χ0v) is 16.1. The highest BCUT2D eigenvalue weighted by atomic mass is 32.1. The van der Waals surface area contributed by atoms with Crippen LogP contribution in [0.25, 0.3) is 11.3 Å². The number of carbonyl (C=O) groups is 1. The van der Waals surface area contributed by atoms with Crippen molar-refractivity contribution in [2.45, 2.75) is 20.5 Å². The number of anilines is 1. The molecule has 0 bridgehead atoms. The summed E-state index contributed by atoms with van der Waals surface area (Å²) in [6.07, 6.45) is 0. The molecule has 1 heterocycles. The van der Waals surface area contributed by atoms with Gasteiger partial charge in [-0.1, -0.05) is 30.3 Å². The van der Waals surface area contributed by atoms with Crippen molar-refractivity contribution >= 4 is 22.4 Å². The third-order valence-corrected chi connectivity index (χ3v) is 4.64. The summed E-state index contributed by atoms with van der Waals surface area (Å²) in [5.74, 6) is 0.343. The van der Waals surface area contributed by atoms with E-state index < -0.39 is 6.61 Å². The van der Waals surface area contributed by atoms with Gasteiger partial charge in [-0.15, -0.1) is 11.3 Å². The predicted octanol–water partition coefficient (Wildman–Crippen LogP) is 5.05. The molecule has 8 heteroatoms. The standard InChI is InChI=1S/C20H18F2N2O3S/c1-12-6-5-7-13(2)18(12)26-10-17(25)24-20-23-15(11-28-20)14-8-3-4-9-16(14)27-19(21)22/h3-9,11,19H,10H2,1-2H3,(H,23,24,25). The Morgan fingerprint density at radius 2 is 1.86 bits per heavy atom. The molecule has 0 spiro atoms. The summed E-state index contributed by atoms with van der Waals surface area (Å²) in [5.41, 5.74) is 2.75. The molecule has 0 aliphatic rings. The van der Waals surface area contributed by atoms with Crippen molar-refractivity contribution in [2.75, 3.05) is 11.9 Å². The molecule has 0 radical (unpaired) electrons. The minimum Gasteiger partial charge on any atom is -0.483 e. The first-order chi connectivity index (χ1) is 13.4. The van der Waals surface area contributed by atoms with Gasteiger partial charge in [-0.2, -0.15) is 8.78 Å². The van der Waals surface area contributed by atoms with E-state index in [1.165, 1.54) is 17.4 Å². The molecule has 0 aliphatic carbocycles. The molecule has 28 heavy (non-hydrogen) atoms. The van der Waals surface area contributed by atoms with Gasteiger partial charge in [-0.05, 0) is 37.1 Å². The van der Waals surface area contributed by atoms with Crippen LogP contribution in [0.4, 0.5) is 13.9 Å². The average Bonchev–Trinajstić information content (AvgIpc) is 3.09. The lowest BCUT2D eigenvalue weighted by molar-refractivity contribution is -0.118. The number of halogens is 2. The maximum Gasteiger partial charge on any atom is 0.387 e. The van der Waals surface area contributed by atoms with Crippen molar-refractivity contribution < 1.29 is 23.0 Å². The van der Waals surface area contributed by atoms with Crippen molar-refractivity contribution in [3.63, 3.8) is 0 Å². The fourth-order valence-electron chi connectivity index (χ4n) is 2.65. The van der Waals surface area contributed by atoms with Crippen molar-refractivity contribution in [3.05, 3.63) is 59.0 Å². The normalized spacial score (nSPS) is 10.8. The second-order valence-corrected chi connectivity index (χ2v) is 6.83. The number of para-hydroxylation sites is 2. The highest BCUT2D eigenvalue weighted by Crippen LogP contribution is 2.33. The summed E-state index contributed by atoms with van der Waals surface area (Å²) >= 11 is 1.19. The van der Waals surface area contributed by atoms with Crippen LogP contribution in [0.1, 0.15) is 11.1 Å². The van der Waals surface area contributed by atoms with Gasteiger partial charge >= 0.3 is 6.61 Å². The smallest absolute Gasteiger partial charge is 0.387 e. The lowest BCUT2D eigenvalue weighted by atomic mass is 10.1. The summed E-state index contributed by atoms with van der Waals surface area (Å²) in [6, 6.07) is 12.1. The Morgan fingerprint density at radius 3 is 2.57 bits per heavy atom. The number of benzene rings is 2. The van der Waals surface area contributed by atoms with E-state index in [9.17, 15) is 13.6 Å². The van der Waals surface area contributed by atoms with E-state index in [0.29, 0.717) is 22.1 Å². The number of nitrogens with one attached hydrogen (secondary N) is 1. The Morgan fingerprint density at radius 1 is 1.14 bits per heavy atom. The summed E-state index contributed by atoms with van der Waals surface area (Å²) < 4.78 is 35.3. The third-order valence-electron chi connectivity index (χ3n) is 3.89. The molecule has 146 valence electrons. The number of hydrogen-bond acceptors (Lipinski definition) is 5. The zero-order valence-electron chi connectivity index (χ0n) is 15.2. The van der Waals surface area contributed by atoms with E-state index in [0.717, 1.165) is 11.1 Å². The summed E-state index contributed by atoms with van der Waals surface area (Å²) in [4.78, 5) is 16.5.